The van der Waals surface area contributed by atoms with Gasteiger partial charge in [-0.05, 0) is 62.1 Å². The minimum atomic E-state index is -0.165. The summed E-state index contributed by atoms with van der Waals surface area (Å²) in [4.78, 5) is 16.4. The molecule has 0 fully saturated rings. The van der Waals surface area contributed by atoms with E-state index in [4.69, 9.17) is 9.15 Å². The van der Waals surface area contributed by atoms with Gasteiger partial charge in [-0.3, -0.25) is 4.79 Å². The number of amides is 1. The van der Waals surface area contributed by atoms with Crippen molar-refractivity contribution >= 4 is 16.9 Å². The molecular formula is C24H24N4O3. The summed E-state index contributed by atoms with van der Waals surface area (Å²) in [6.07, 6.45) is 7.55. The molecule has 2 aromatic carbocycles. The molecule has 7 nitrogen and oxygen atoms in total. The van der Waals surface area contributed by atoms with E-state index in [9.17, 15) is 4.79 Å². The highest BCUT2D eigenvalue weighted by Gasteiger charge is 2.18. The number of carbonyl (C=O) groups excluding carboxylic acids is 1. The van der Waals surface area contributed by atoms with Crippen molar-refractivity contribution in [1.82, 2.24) is 20.1 Å². The Kier molecular flexibility index (Phi) is 5.16. The Balaban J connectivity index is 1.20. The van der Waals surface area contributed by atoms with Gasteiger partial charge in [-0.15, -0.1) is 0 Å². The lowest BCUT2D eigenvalue weighted by atomic mass is 9.96. The second kappa shape index (κ2) is 8.26. The standard InChI is InChI=1S/C24H24N4O3/c1-16(17-6-8-18(9-7-17)28-15-25-14-26-28)27-24(29)13-30-19-10-11-23-21(12-19)20-4-2-3-5-22(20)31-23/h6-12,14-16H,2-5,13H2,1H3,(H,27,29)/t16-/m1/s1. The zero-order valence-corrected chi connectivity index (χ0v) is 17.4. The largest absolute Gasteiger partial charge is 0.484 e. The average Bonchev–Trinajstić information content (AvgIpc) is 3.46. The predicted octanol–water partition coefficient (Wildman–Crippen LogP) is 4.15. The van der Waals surface area contributed by atoms with Crippen molar-refractivity contribution in [1.29, 1.82) is 0 Å². The number of hydrogen-bond donors (Lipinski definition) is 1. The van der Waals surface area contributed by atoms with E-state index in [1.165, 1.54) is 24.7 Å². The van der Waals surface area contributed by atoms with E-state index >= 15 is 0 Å². The molecule has 158 valence electrons. The van der Waals surface area contributed by atoms with Crippen LogP contribution in [-0.4, -0.2) is 27.3 Å². The van der Waals surface area contributed by atoms with Crippen LogP contribution in [0.3, 0.4) is 0 Å². The Hall–Kier alpha value is -3.61. The SMILES string of the molecule is C[C@@H](NC(=O)COc1ccc2oc3c(c2c1)CCCC3)c1ccc(-n2cncn2)cc1. The number of nitrogens with zero attached hydrogens (tertiary/aromatic N) is 3. The van der Waals surface area contributed by atoms with Crippen molar-refractivity contribution < 1.29 is 13.9 Å². The number of aryl methyl sites for hydroxylation is 2. The maximum atomic E-state index is 12.4. The number of aromatic nitrogens is 3. The molecular weight excluding hydrogens is 392 g/mol. The molecule has 1 aliphatic carbocycles. The number of furan rings is 1. The molecule has 1 amide bonds. The normalized spacial score (nSPS) is 14.2. The lowest BCUT2D eigenvalue weighted by Gasteiger charge is -2.15. The van der Waals surface area contributed by atoms with Crippen LogP contribution in [-0.2, 0) is 17.6 Å². The summed E-state index contributed by atoms with van der Waals surface area (Å²) in [5, 5.41) is 8.21. The number of carbonyl (C=O) groups is 1. The first kappa shape index (κ1) is 19.4. The first-order valence-electron chi connectivity index (χ1n) is 10.6. The Bertz CT molecular complexity index is 1200. The highest BCUT2D eigenvalue weighted by Crippen LogP contribution is 2.33. The second-order valence-corrected chi connectivity index (χ2v) is 7.88. The maximum Gasteiger partial charge on any atom is 0.258 e. The molecule has 0 saturated heterocycles. The summed E-state index contributed by atoms with van der Waals surface area (Å²) in [5.41, 5.74) is 4.11. The van der Waals surface area contributed by atoms with Crippen LogP contribution in [0.15, 0.2) is 59.5 Å². The van der Waals surface area contributed by atoms with Crippen LogP contribution in [0.5, 0.6) is 5.75 Å². The van der Waals surface area contributed by atoms with Crippen LogP contribution in [0.2, 0.25) is 0 Å². The van der Waals surface area contributed by atoms with Gasteiger partial charge >= 0.3 is 0 Å². The van der Waals surface area contributed by atoms with Gasteiger partial charge in [0.25, 0.3) is 5.91 Å². The molecule has 7 heteroatoms. The van der Waals surface area contributed by atoms with Gasteiger partial charge in [0.2, 0.25) is 0 Å². The zero-order chi connectivity index (χ0) is 21.2. The summed E-state index contributed by atoms with van der Waals surface area (Å²) in [6, 6.07) is 13.5. The Morgan fingerprint density at radius 2 is 2.03 bits per heavy atom. The zero-order valence-electron chi connectivity index (χ0n) is 17.4. The number of rotatable bonds is 6. The molecule has 2 aromatic heterocycles. The van der Waals surface area contributed by atoms with Gasteiger partial charge in [0.1, 0.15) is 29.7 Å². The molecule has 0 spiro atoms. The van der Waals surface area contributed by atoms with Crippen molar-refractivity contribution in [3.05, 3.63) is 72.0 Å². The minimum Gasteiger partial charge on any atom is -0.484 e. The van der Waals surface area contributed by atoms with Gasteiger partial charge in [-0.25, -0.2) is 9.67 Å². The molecule has 1 N–H and O–H groups in total. The molecule has 31 heavy (non-hydrogen) atoms. The smallest absolute Gasteiger partial charge is 0.258 e. The van der Waals surface area contributed by atoms with Gasteiger partial charge in [0, 0.05) is 17.4 Å². The van der Waals surface area contributed by atoms with E-state index in [1.807, 2.05) is 49.4 Å². The van der Waals surface area contributed by atoms with Crippen molar-refractivity contribution in [2.45, 2.75) is 38.6 Å². The molecule has 1 aliphatic rings. The molecule has 4 aromatic rings. The topological polar surface area (TPSA) is 82.2 Å². The van der Waals surface area contributed by atoms with Crippen molar-refractivity contribution in [2.24, 2.45) is 0 Å². The van der Waals surface area contributed by atoms with Gasteiger partial charge in [0.05, 0.1) is 11.7 Å². The third-order valence-electron chi connectivity index (χ3n) is 5.75. The lowest BCUT2D eigenvalue weighted by Crippen LogP contribution is -2.31. The monoisotopic (exact) mass is 416 g/mol. The fourth-order valence-electron chi connectivity index (χ4n) is 4.10. The van der Waals surface area contributed by atoms with E-state index in [-0.39, 0.29) is 18.6 Å². The van der Waals surface area contributed by atoms with E-state index in [0.717, 1.165) is 40.8 Å². The third-order valence-corrected chi connectivity index (χ3v) is 5.75. The van der Waals surface area contributed by atoms with Crippen LogP contribution in [0.25, 0.3) is 16.7 Å². The number of fused-ring (bicyclic) bond motifs is 3. The van der Waals surface area contributed by atoms with E-state index in [0.29, 0.717) is 5.75 Å². The lowest BCUT2D eigenvalue weighted by molar-refractivity contribution is -0.123. The summed E-state index contributed by atoms with van der Waals surface area (Å²) < 4.78 is 13.4. The molecule has 0 radical (unpaired) electrons. The summed E-state index contributed by atoms with van der Waals surface area (Å²) in [6.45, 7) is 1.92. The molecule has 5 rings (SSSR count). The highest BCUT2D eigenvalue weighted by molar-refractivity contribution is 5.84. The first-order chi connectivity index (χ1) is 15.2. The number of nitrogens with one attached hydrogen (secondary N) is 1. The molecule has 0 aliphatic heterocycles. The Morgan fingerprint density at radius 3 is 2.84 bits per heavy atom. The Labute approximate surface area is 180 Å². The van der Waals surface area contributed by atoms with Gasteiger partial charge in [-0.2, -0.15) is 5.10 Å². The number of ether oxygens (including phenoxy) is 1. The fraction of sp³-hybridized carbons (Fsp3) is 0.292. The molecule has 2 heterocycles. The van der Waals surface area contributed by atoms with Gasteiger partial charge in [-0.1, -0.05) is 12.1 Å². The van der Waals surface area contributed by atoms with Crippen LogP contribution in [0, 0.1) is 0 Å². The summed E-state index contributed by atoms with van der Waals surface area (Å²) in [7, 11) is 0. The van der Waals surface area contributed by atoms with E-state index < -0.39 is 0 Å². The van der Waals surface area contributed by atoms with Crippen LogP contribution in [0.4, 0.5) is 0 Å². The Morgan fingerprint density at radius 1 is 1.19 bits per heavy atom. The van der Waals surface area contributed by atoms with Gasteiger partial charge < -0.3 is 14.5 Å². The average molecular weight is 416 g/mol. The maximum absolute atomic E-state index is 12.4. The van der Waals surface area contributed by atoms with Crippen molar-refractivity contribution in [3.8, 4) is 11.4 Å². The summed E-state index contributed by atoms with van der Waals surface area (Å²) in [5.74, 6) is 1.61. The van der Waals surface area contributed by atoms with Crippen LogP contribution in [0.1, 0.15) is 42.7 Å². The number of hydrogen-bond acceptors (Lipinski definition) is 5. The fourth-order valence-corrected chi connectivity index (χ4v) is 4.10. The van der Waals surface area contributed by atoms with Crippen molar-refractivity contribution in [2.75, 3.05) is 6.61 Å². The number of benzene rings is 2. The molecule has 0 unspecified atom stereocenters. The molecule has 0 bridgehead atoms. The van der Waals surface area contributed by atoms with Crippen LogP contribution < -0.4 is 10.1 Å². The molecule has 1 atom stereocenters. The summed E-state index contributed by atoms with van der Waals surface area (Å²) >= 11 is 0. The predicted molar refractivity (Wildman–Crippen MR) is 116 cm³/mol. The minimum absolute atomic E-state index is 0.0348. The van der Waals surface area contributed by atoms with Crippen molar-refractivity contribution in [3.63, 3.8) is 0 Å². The van der Waals surface area contributed by atoms with E-state index in [1.54, 1.807) is 11.0 Å². The van der Waals surface area contributed by atoms with Gasteiger partial charge in [0.15, 0.2) is 6.61 Å². The molecule has 0 saturated carbocycles. The third kappa shape index (κ3) is 4.03. The van der Waals surface area contributed by atoms with E-state index in [2.05, 4.69) is 15.4 Å². The highest BCUT2D eigenvalue weighted by atomic mass is 16.5. The van der Waals surface area contributed by atoms with Crippen LogP contribution >= 0.6 is 0 Å². The first-order valence-corrected chi connectivity index (χ1v) is 10.6. The quantitative estimate of drug-likeness (QED) is 0.511. The second-order valence-electron chi connectivity index (χ2n) is 7.88.